The van der Waals surface area contributed by atoms with Crippen molar-refractivity contribution in [3.63, 3.8) is 0 Å². The van der Waals surface area contributed by atoms with Gasteiger partial charge in [0.15, 0.2) is 5.16 Å². The van der Waals surface area contributed by atoms with Crippen molar-refractivity contribution in [3.8, 4) is 0 Å². The van der Waals surface area contributed by atoms with E-state index in [1.807, 2.05) is 41.0 Å². The molecule has 2 aromatic carbocycles. The Morgan fingerprint density at radius 3 is 2.69 bits per heavy atom. The molecular formula is C21H21BrN2OS. The van der Waals surface area contributed by atoms with Crippen molar-refractivity contribution >= 4 is 38.6 Å². The van der Waals surface area contributed by atoms with E-state index < -0.39 is 0 Å². The Kier molecular flexibility index (Phi) is 5.46. The van der Waals surface area contributed by atoms with Crippen LogP contribution in [-0.2, 0) is 5.75 Å². The molecule has 0 bridgehead atoms. The van der Waals surface area contributed by atoms with Gasteiger partial charge in [-0.2, -0.15) is 0 Å². The van der Waals surface area contributed by atoms with Gasteiger partial charge in [-0.15, -0.1) is 0 Å². The second kappa shape index (κ2) is 7.97. The second-order valence-corrected chi connectivity index (χ2v) is 8.66. The molecule has 5 heteroatoms. The first-order valence-corrected chi connectivity index (χ1v) is 10.9. The Balaban J connectivity index is 1.74. The minimum Gasteiger partial charge on any atom is -0.284 e. The van der Waals surface area contributed by atoms with Gasteiger partial charge in [0.2, 0.25) is 0 Å². The maximum Gasteiger partial charge on any atom is 0.262 e. The van der Waals surface area contributed by atoms with Gasteiger partial charge < -0.3 is 0 Å². The molecule has 1 aromatic heterocycles. The average Bonchev–Trinajstić information content (AvgIpc) is 2.67. The molecule has 134 valence electrons. The van der Waals surface area contributed by atoms with Crippen molar-refractivity contribution in [2.24, 2.45) is 0 Å². The number of fused-ring (bicyclic) bond motifs is 1. The Labute approximate surface area is 166 Å². The van der Waals surface area contributed by atoms with E-state index in [1.54, 1.807) is 11.8 Å². The number of para-hydroxylation sites is 1. The van der Waals surface area contributed by atoms with Gasteiger partial charge in [0.05, 0.1) is 10.9 Å². The SMILES string of the molecule is O=c1c2ccccc2nc(SCc2cccc(Br)c2)n1C1CCCCC1. The zero-order chi connectivity index (χ0) is 17.9. The summed E-state index contributed by atoms with van der Waals surface area (Å²) in [6.07, 6.45) is 5.81. The molecule has 1 fully saturated rings. The summed E-state index contributed by atoms with van der Waals surface area (Å²) >= 11 is 5.19. The lowest BCUT2D eigenvalue weighted by Gasteiger charge is -2.26. The lowest BCUT2D eigenvalue weighted by atomic mass is 9.95. The molecular weight excluding hydrogens is 408 g/mol. The summed E-state index contributed by atoms with van der Waals surface area (Å²) in [5.74, 6) is 0.803. The molecule has 26 heavy (non-hydrogen) atoms. The number of hydrogen-bond donors (Lipinski definition) is 0. The Morgan fingerprint density at radius 1 is 1.08 bits per heavy atom. The van der Waals surface area contributed by atoms with Gasteiger partial charge >= 0.3 is 0 Å². The average molecular weight is 429 g/mol. The summed E-state index contributed by atoms with van der Waals surface area (Å²) in [4.78, 5) is 18.1. The molecule has 3 aromatic rings. The van der Waals surface area contributed by atoms with E-state index in [0.29, 0.717) is 0 Å². The number of halogens is 1. The first-order valence-electron chi connectivity index (χ1n) is 9.11. The fraction of sp³-hybridized carbons (Fsp3) is 0.333. The van der Waals surface area contributed by atoms with Crippen LogP contribution in [0.4, 0.5) is 0 Å². The fourth-order valence-corrected chi connectivity index (χ4v) is 5.12. The summed E-state index contributed by atoms with van der Waals surface area (Å²) in [7, 11) is 0. The zero-order valence-corrected chi connectivity index (χ0v) is 16.9. The molecule has 0 radical (unpaired) electrons. The van der Waals surface area contributed by atoms with Crippen molar-refractivity contribution in [1.29, 1.82) is 0 Å². The maximum absolute atomic E-state index is 13.2. The summed E-state index contributed by atoms with van der Waals surface area (Å²) in [5, 5.41) is 1.57. The normalized spacial score (nSPS) is 15.4. The van der Waals surface area contributed by atoms with Gasteiger partial charge in [-0.25, -0.2) is 4.98 Å². The number of benzene rings is 2. The quantitative estimate of drug-likeness (QED) is 0.379. The molecule has 0 aliphatic heterocycles. The molecule has 1 aliphatic rings. The molecule has 0 N–H and O–H groups in total. The molecule has 0 unspecified atom stereocenters. The van der Waals surface area contributed by atoms with E-state index in [4.69, 9.17) is 4.98 Å². The lowest BCUT2D eigenvalue weighted by Crippen LogP contribution is -2.29. The number of thioether (sulfide) groups is 1. The summed E-state index contributed by atoms with van der Waals surface area (Å²) in [5.41, 5.74) is 2.13. The van der Waals surface area contributed by atoms with Gasteiger partial charge in [0.25, 0.3) is 5.56 Å². The van der Waals surface area contributed by atoms with Gasteiger partial charge in [-0.05, 0) is 42.7 Å². The molecule has 1 saturated carbocycles. The van der Waals surface area contributed by atoms with Crippen molar-refractivity contribution < 1.29 is 0 Å². The van der Waals surface area contributed by atoms with Crippen LogP contribution in [0, 0.1) is 0 Å². The van der Waals surface area contributed by atoms with E-state index >= 15 is 0 Å². The van der Waals surface area contributed by atoms with Crippen LogP contribution >= 0.6 is 27.7 Å². The lowest BCUT2D eigenvalue weighted by molar-refractivity contribution is 0.326. The van der Waals surface area contributed by atoms with Gasteiger partial charge in [0.1, 0.15) is 0 Å². The molecule has 1 heterocycles. The molecule has 4 rings (SSSR count). The number of hydrogen-bond acceptors (Lipinski definition) is 3. The molecule has 3 nitrogen and oxygen atoms in total. The first-order chi connectivity index (χ1) is 12.7. The smallest absolute Gasteiger partial charge is 0.262 e. The number of nitrogens with zero attached hydrogens (tertiary/aromatic N) is 2. The van der Waals surface area contributed by atoms with Crippen LogP contribution < -0.4 is 5.56 Å². The topological polar surface area (TPSA) is 34.9 Å². The van der Waals surface area contributed by atoms with E-state index in [2.05, 4.69) is 28.1 Å². The molecule has 0 saturated heterocycles. The summed E-state index contributed by atoms with van der Waals surface area (Å²) in [6.45, 7) is 0. The molecule has 0 amide bonds. The van der Waals surface area contributed by atoms with E-state index in [-0.39, 0.29) is 11.6 Å². The van der Waals surface area contributed by atoms with Crippen LogP contribution in [0.3, 0.4) is 0 Å². The third kappa shape index (κ3) is 3.74. The minimum absolute atomic E-state index is 0.110. The van der Waals surface area contributed by atoms with Crippen LogP contribution in [0.2, 0.25) is 0 Å². The highest BCUT2D eigenvalue weighted by Crippen LogP contribution is 2.32. The Bertz CT molecular complexity index is 979. The third-order valence-corrected chi connectivity index (χ3v) is 6.49. The summed E-state index contributed by atoms with van der Waals surface area (Å²) in [6, 6.07) is 16.3. The van der Waals surface area contributed by atoms with Crippen LogP contribution in [0.1, 0.15) is 43.7 Å². The zero-order valence-electron chi connectivity index (χ0n) is 14.5. The van der Waals surface area contributed by atoms with Crippen LogP contribution in [0.25, 0.3) is 10.9 Å². The Morgan fingerprint density at radius 2 is 1.88 bits per heavy atom. The van der Waals surface area contributed by atoms with Crippen molar-refractivity contribution in [1.82, 2.24) is 9.55 Å². The van der Waals surface area contributed by atoms with Crippen LogP contribution in [-0.4, -0.2) is 9.55 Å². The van der Waals surface area contributed by atoms with E-state index in [1.165, 1.54) is 24.8 Å². The molecule has 1 aliphatic carbocycles. The van der Waals surface area contributed by atoms with E-state index in [9.17, 15) is 4.79 Å². The second-order valence-electron chi connectivity index (χ2n) is 6.80. The van der Waals surface area contributed by atoms with Crippen LogP contribution in [0.5, 0.6) is 0 Å². The highest BCUT2D eigenvalue weighted by atomic mass is 79.9. The largest absolute Gasteiger partial charge is 0.284 e. The standard InChI is InChI=1S/C21H21BrN2OS/c22-16-8-6-7-15(13-16)14-26-21-23-19-12-5-4-11-18(19)20(25)24(21)17-9-2-1-3-10-17/h4-8,11-13,17H,1-3,9-10,14H2. The Hall–Kier alpha value is -1.59. The van der Waals surface area contributed by atoms with E-state index in [0.717, 1.165) is 39.1 Å². The maximum atomic E-state index is 13.2. The predicted molar refractivity (Wildman–Crippen MR) is 112 cm³/mol. The predicted octanol–water partition coefficient (Wildman–Crippen LogP) is 5.96. The highest BCUT2D eigenvalue weighted by molar-refractivity contribution is 9.10. The van der Waals surface area contributed by atoms with Crippen molar-refractivity contribution in [2.45, 2.75) is 49.1 Å². The van der Waals surface area contributed by atoms with Crippen molar-refractivity contribution in [2.75, 3.05) is 0 Å². The third-order valence-electron chi connectivity index (χ3n) is 4.97. The van der Waals surface area contributed by atoms with Gasteiger partial charge in [-0.3, -0.25) is 9.36 Å². The van der Waals surface area contributed by atoms with Crippen LogP contribution in [0.15, 0.2) is 63.0 Å². The first kappa shape index (κ1) is 17.8. The van der Waals surface area contributed by atoms with Gasteiger partial charge in [0, 0.05) is 16.3 Å². The highest BCUT2D eigenvalue weighted by Gasteiger charge is 2.21. The number of aromatic nitrogens is 2. The minimum atomic E-state index is 0.110. The molecule has 0 spiro atoms. The fourth-order valence-electron chi connectivity index (χ4n) is 3.66. The van der Waals surface area contributed by atoms with Gasteiger partial charge in [-0.1, -0.05) is 71.2 Å². The molecule has 0 atom stereocenters. The monoisotopic (exact) mass is 428 g/mol. The van der Waals surface area contributed by atoms with Crippen molar-refractivity contribution in [3.05, 3.63) is 68.9 Å². The number of rotatable bonds is 4. The summed E-state index contributed by atoms with van der Waals surface area (Å²) < 4.78 is 3.05.